The van der Waals surface area contributed by atoms with Crippen molar-refractivity contribution in [2.24, 2.45) is 11.3 Å². The molecule has 0 bridgehead atoms. The molecule has 31 heavy (non-hydrogen) atoms. The van der Waals surface area contributed by atoms with Gasteiger partial charge < -0.3 is 0 Å². The normalized spacial score (nSPS) is 21.3. The van der Waals surface area contributed by atoms with Gasteiger partial charge in [0.1, 0.15) is 5.78 Å². The van der Waals surface area contributed by atoms with Crippen molar-refractivity contribution in [1.82, 2.24) is 0 Å². The first kappa shape index (κ1) is 27.1. The summed E-state index contributed by atoms with van der Waals surface area (Å²) in [6.07, 6.45) is 15.6. The number of hydrogen-bond donors (Lipinski definition) is 0. The monoisotopic (exact) mass is 424 g/mol. The predicted molar refractivity (Wildman–Crippen MR) is 134 cm³/mol. The van der Waals surface area contributed by atoms with Crippen molar-refractivity contribution in [2.45, 2.75) is 100 Å². The summed E-state index contributed by atoms with van der Waals surface area (Å²) < 4.78 is 0. The van der Waals surface area contributed by atoms with E-state index in [-0.39, 0.29) is 17.5 Å². The predicted octanol–water partition coefficient (Wildman–Crippen LogP) is 8.26. The van der Waals surface area contributed by atoms with Crippen LogP contribution in [0.25, 0.3) is 0 Å². The summed E-state index contributed by atoms with van der Waals surface area (Å²) in [5.74, 6) is 0.364. The molecule has 0 aromatic carbocycles. The molecule has 1 rings (SSSR count). The van der Waals surface area contributed by atoms with Crippen molar-refractivity contribution in [2.75, 3.05) is 0 Å². The molecular weight excluding hydrogens is 380 g/mol. The molecule has 0 aromatic rings. The van der Waals surface area contributed by atoms with Gasteiger partial charge in [-0.3, -0.25) is 9.59 Å². The lowest BCUT2D eigenvalue weighted by Gasteiger charge is -2.37. The van der Waals surface area contributed by atoms with E-state index >= 15 is 0 Å². The lowest BCUT2D eigenvalue weighted by atomic mass is 9.63. The van der Waals surface area contributed by atoms with Crippen LogP contribution in [0.4, 0.5) is 0 Å². The second kappa shape index (κ2) is 12.8. The maximum Gasteiger partial charge on any atom is 0.169 e. The first-order valence-electron chi connectivity index (χ1n) is 11.8. The fraction of sp³-hybridized carbons (Fsp3) is 0.586. The molecule has 0 saturated carbocycles. The second-order valence-electron chi connectivity index (χ2n) is 10.1. The summed E-state index contributed by atoms with van der Waals surface area (Å²) >= 11 is 0. The Bertz CT molecular complexity index is 789. The molecule has 0 heterocycles. The third-order valence-electron chi connectivity index (χ3n) is 6.23. The van der Waals surface area contributed by atoms with Crippen LogP contribution in [-0.4, -0.2) is 11.6 Å². The molecule has 0 aliphatic heterocycles. The highest BCUT2D eigenvalue weighted by Gasteiger charge is 2.46. The van der Waals surface area contributed by atoms with Crippen molar-refractivity contribution in [1.29, 1.82) is 0 Å². The number of Topliss-reactive ketones (excluding diaryl/α,β-unsaturated/α-hetero) is 1. The number of allylic oxidation sites excluding steroid dienone is 10. The second-order valence-corrected chi connectivity index (χ2v) is 10.1. The zero-order chi connectivity index (χ0) is 23.6. The molecule has 1 aliphatic carbocycles. The summed E-state index contributed by atoms with van der Waals surface area (Å²) in [5, 5.41) is 0. The van der Waals surface area contributed by atoms with E-state index in [1.807, 2.05) is 20.8 Å². The maximum absolute atomic E-state index is 13.5. The van der Waals surface area contributed by atoms with E-state index in [0.717, 1.165) is 24.8 Å². The summed E-state index contributed by atoms with van der Waals surface area (Å²) in [7, 11) is 0. The van der Waals surface area contributed by atoms with Crippen LogP contribution in [0.3, 0.4) is 0 Å². The van der Waals surface area contributed by atoms with Crippen molar-refractivity contribution < 1.29 is 9.59 Å². The van der Waals surface area contributed by atoms with Gasteiger partial charge in [0.2, 0.25) is 0 Å². The van der Waals surface area contributed by atoms with E-state index in [1.165, 1.54) is 22.3 Å². The van der Waals surface area contributed by atoms with Gasteiger partial charge >= 0.3 is 0 Å². The Morgan fingerprint density at radius 1 is 0.903 bits per heavy atom. The van der Waals surface area contributed by atoms with Crippen molar-refractivity contribution in [3.8, 4) is 0 Å². The van der Waals surface area contributed by atoms with Crippen LogP contribution in [0.5, 0.6) is 0 Å². The van der Waals surface area contributed by atoms with Gasteiger partial charge in [0, 0.05) is 6.42 Å². The maximum atomic E-state index is 13.5. The van der Waals surface area contributed by atoms with Gasteiger partial charge in [0.15, 0.2) is 5.78 Å². The van der Waals surface area contributed by atoms with Gasteiger partial charge in [-0.15, -0.1) is 0 Å². The molecule has 0 saturated heterocycles. The minimum Gasteiger partial charge on any atom is -0.299 e. The van der Waals surface area contributed by atoms with Crippen LogP contribution >= 0.6 is 0 Å². The van der Waals surface area contributed by atoms with Gasteiger partial charge in [0.25, 0.3) is 0 Å². The Morgan fingerprint density at radius 3 is 2.00 bits per heavy atom. The fourth-order valence-corrected chi connectivity index (χ4v) is 4.11. The van der Waals surface area contributed by atoms with E-state index in [4.69, 9.17) is 0 Å². The Hall–Kier alpha value is -1.96. The molecule has 0 unspecified atom stereocenters. The van der Waals surface area contributed by atoms with Crippen LogP contribution in [0.15, 0.2) is 58.2 Å². The molecule has 0 N–H and O–H groups in total. The zero-order valence-corrected chi connectivity index (χ0v) is 21.2. The minimum absolute atomic E-state index is 0.00833. The van der Waals surface area contributed by atoms with Crippen LogP contribution in [0, 0.1) is 11.3 Å². The highest BCUT2D eigenvalue weighted by Crippen LogP contribution is 2.43. The standard InChI is InChI=1S/C29H44O2/c1-21(2)11-9-13-24(7)17-18-29(27(30)14-10-12-22(3)4)20-26(16-15-23(5)6)25(8)19-28(29)31/h11-12,15,17,19,26H,9-10,13-14,16,18,20H2,1-8H3/b24-17+/t26-,29-/m1/s1. The summed E-state index contributed by atoms with van der Waals surface area (Å²) in [6.45, 7) is 16.7. The average molecular weight is 425 g/mol. The molecule has 0 radical (unpaired) electrons. The highest BCUT2D eigenvalue weighted by atomic mass is 16.2. The Kier molecular flexibility index (Phi) is 11.2. The number of hydrogen-bond acceptors (Lipinski definition) is 2. The van der Waals surface area contributed by atoms with Gasteiger partial charge in [-0.05, 0) is 106 Å². The van der Waals surface area contributed by atoms with Gasteiger partial charge in [-0.2, -0.15) is 0 Å². The molecule has 0 amide bonds. The number of ketones is 2. The largest absolute Gasteiger partial charge is 0.299 e. The van der Waals surface area contributed by atoms with Crippen LogP contribution < -0.4 is 0 Å². The Balaban J connectivity index is 3.19. The first-order valence-corrected chi connectivity index (χ1v) is 11.8. The third kappa shape index (κ3) is 8.97. The molecule has 0 spiro atoms. The van der Waals surface area contributed by atoms with E-state index in [1.54, 1.807) is 6.08 Å². The Morgan fingerprint density at radius 2 is 1.45 bits per heavy atom. The molecule has 2 heteroatoms. The topological polar surface area (TPSA) is 34.1 Å². The number of carbonyl (C=O) groups is 2. The molecule has 172 valence electrons. The van der Waals surface area contributed by atoms with Crippen LogP contribution in [0.1, 0.15) is 100 Å². The van der Waals surface area contributed by atoms with Crippen molar-refractivity contribution in [3.63, 3.8) is 0 Å². The molecule has 2 atom stereocenters. The molecule has 2 nitrogen and oxygen atoms in total. The van der Waals surface area contributed by atoms with E-state index in [9.17, 15) is 9.59 Å². The Labute approximate surface area is 191 Å². The zero-order valence-electron chi connectivity index (χ0n) is 21.2. The summed E-state index contributed by atoms with van der Waals surface area (Å²) in [4.78, 5) is 26.8. The summed E-state index contributed by atoms with van der Waals surface area (Å²) in [6, 6.07) is 0. The highest BCUT2D eigenvalue weighted by molar-refractivity contribution is 6.12. The SMILES string of the molecule is CC(C)=CCCC(=O)[C@@]1(C/C=C(\C)CCC=C(C)C)C[C@@H](CC=C(C)C)C(C)=CC1=O. The van der Waals surface area contributed by atoms with E-state index in [0.29, 0.717) is 25.7 Å². The van der Waals surface area contributed by atoms with E-state index in [2.05, 4.69) is 58.9 Å². The van der Waals surface area contributed by atoms with Gasteiger partial charge in [-0.25, -0.2) is 0 Å². The number of rotatable bonds is 11. The van der Waals surface area contributed by atoms with Crippen LogP contribution in [-0.2, 0) is 9.59 Å². The van der Waals surface area contributed by atoms with Crippen molar-refractivity contribution >= 4 is 11.6 Å². The summed E-state index contributed by atoms with van der Waals surface area (Å²) in [5.41, 5.74) is 5.27. The van der Waals surface area contributed by atoms with Crippen LogP contribution in [0.2, 0.25) is 0 Å². The third-order valence-corrected chi connectivity index (χ3v) is 6.23. The van der Waals surface area contributed by atoms with Crippen molar-refractivity contribution in [3.05, 3.63) is 58.2 Å². The van der Waals surface area contributed by atoms with E-state index < -0.39 is 5.41 Å². The molecule has 0 aromatic heterocycles. The average Bonchev–Trinajstić information content (AvgIpc) is 2.66. The van der Waals surface area contributed by atoms with Gasteiger partial charge in [-0.1, -0.05) is 52.2 Å². The smallest absolute Gasteiger partial charge is 0.169 e. The van der Waals surface area contributed by atoms with Gasteiger partial charge in [0.05, 0.1) is 5.41 Å². The molecule has 0 fully saturated rings. The molecular formula is C29H44O2. The lowest BCUT2D eigenvalue weighted by molar-refractivity contribution is -0.139. The molecule has 1 aliphatic rings. The first-order chi connectivity index (χ1) is 14.5. The minimum atomic E-state index is -0.910. The lowest BCUT2D eigenvalue weighted by Crippen LogP contribution is -2.43. The quantitative estimate of drug-likeness (QED) is 0.247. The number of carbonyl (C=O) groups excluding carboxylic acids is 2. The fourth-order valence-electron chi connectivity index (χ4n) is 4.11.